The first-order chi connectivity index (χ1) is 13.6. The number of nitrogens with zero attached hydrogens (tertiary/aromatic N) is 2. The summed E-state index contributed by atoms with van der Waals surface area (Å²) in [7, 11) is 0. The van der Waals surface area contributed by atoms with Crippen molar-refractivity contribution in [3.8, 4) is 11.1 Å². The minimum atomic E-state index is -0.0512. The zero-order chi connectivity index (χ0) is 19.5. The fourth-order valence-electron chi connectivity index (χ4n) is 3.91. The number of para-hydroxylation sites is 1. The quantitative estimate of drug-likeness (QED) is 0.762. The molecular weight excluding hydrogens is 350 g/mol. The molecule has 0 radical (unpaired) electrons. The largest absolute Gasteiger partial charge is 0.352 e. The Morgan fingerprint density at radius 2 is 1.93 bits per heavy atom. The Hall–Kier alpha value is -3.21. The van der Waals surface area contributed by atoms with E-state index in [0.29, 0.717) is 12.1 Å². The number of hydrogen-bond donors (Lipinski definition) is 1. The number of rotatable bonds is 3. The van der Waals surface area contributed by atoms with Crippen LogP contribution in [0.2, 0.25) is 0 Å². The first-order valence-corrected chi connectivity index (χ1v) is 9.62. The van der Waals surface area contributed by atoms with Gasteiger partial charge in [0.05, 0.1) is 5.52 Å². The lowest BCUT2D eigenvalue weighted by atomic mass is 9.99. The van der Waals surface area contributed by atoms with Crippen LogP contribution in [0.25, 0.3) is 22.0 Å². The summed E-state index contributed by atoms with van der Waals surface area (Å²) in [4.78, 5) is 30.8. The van der Waals surface area contributed by atoms with Crippen LogP contribution in [0.3, 0.4) is 0 Å². The summed E-state index contributed by atoms with van der Waals surface area (Å²) in [5, 5.41) is 4.01. The zero-order valence-corrected chi connectivity index (χ0v) is 15.9. The molecule has 28 heavy (non-hydrogen) atoms. The van der Waals surface area contributed by atoms with Gasteiger partial charge in [0.1, 0.15) is 0 Å². The maximum absolute atomic E-state index is 13.1. The molecule has 5 nitrogen and oxygen atoms in total. The first kappa shape index (κ1) is 18.2. The van der Waals surface area contributed by atoms with E-state index in [4.69, 9.17) is 0 Å². The summed E-state index contributed by atoms with van der Waals surface area (Å²) in [5.74, 6) is -0.0464. The number of pyridine rings is 1. The Morgan fingerprint density at radius 1 is 1.11 bits per heavy atom. The summed E-state index contributed by atoms with van der Waals surface area (Å²) in [6, 6.07) is 17.8. The summed E-state index contributed by atoms with van der Waals surface area (Å²) in [6.07, 6.45) is 3.59. The molecule has 1 atom stereocenters. The van der Waals surface area contributed by atoms with Crippen LogP contribution in [0.4, 0.5) is 0 Å². The SMILES string of the molecule is CC(=O)N[C@H]1CCCN(C(=O)c2cccc(-c3cccc4cccnc34)c2)C1. The maximum atomic E-state index is 13.1. The van der Waals surface area contributed by atoms with Crippen molar-refractivity contribution in [3.63, 3.8) is 0 Å². The van der Waals surface area contributed by atoms with Crippen LogP contribution >= 0.6 is 0 Å². The maximum Gasteiger partial charge on any atom is 0.253 e. The van der Waals surface area contributed by atoms with Gasteiger partial charge in [-0.15, -0.1) is 0 Å². The van der Waals surface area contributed by atoms with Crippen LogP contribution in [-0.4, -0.2) is 40.8 Å². The lowest BCUT2D eigenvalue weighted by molar-refractivity contribution is -0.120. The molecule has 3 aromatic rings. The molecule has 0 saturated carbocycles. The van der Waals surface area contributed by atoms with Crippen molar-refractivity contribution in [3.05, 3.63) is 66.4 Å². The van der Waals surface area contributed by atoms with Crippen LogP contribution in [0.1, 0.15) is 30.1 Å². The third-order valence-corrected chi connectivity index (χ3v) is 5.17. The highest BCUT2D eigenvalue weighted by molar-refractivity contribution is 5.98. The summed E-state index contributed by atoms with van der Waals surface area (Å²) >= 11 is 0. The molecule has 0 aliphatic carbocycles. The normalized spacial score (nSPS) is 16.8. The number of carbonyl (C=O) groups excluding carboxylic acids is 2. The van der Waals surface area contributed by atoms with Gasteiger partial charge in [-0.25, -0.2) is 0 Å². The van der Waals surface area contributed by atoms with Gasteiger partial charge in [0.15, 0.2) is 0 Å². The molecule has 2 aromatic carbocycles. The number of fused-ring (bicyclic) bond motifs is 1. The van der Waals surface area contributed by atoms with Crippen molar-refractivity contribution in [2.75, 3.05) is 13.1 Å². The summed E-state index contributed by atoms with van der Waals surface area (Å²) < 4.78 is 0. The van der Waals surface area contributed by atoms with Gasteiger partial charge in [-0.2, -0.15) is 0 Å². The van der Waals surface area contributed by atoms with Crippen LogP contribution in [0.5, 0.6) is 0 Å². The van der Waals surface area contributed by atoms with Gasteiger partial charge < -0.3 is 10.2 Å². The molecule has 1 aromatic heterocycles. The predicted octanol–water partition coefficient (Wildman–Crippen LogP) is 3.64. The fourth-order valence-corrected chi connectivity index (χ4v) is 3.91. The number of amides is 2. The lowest BCUT2D eigenvalue weighted by Crippen LogP contribution is -2.49. The third-order valence-electron chi connectivity index (χ3n) is 5.17. The van der Waals surface area contributed by atoms with Crippen molar-refractivity contribution in [2.24, 2.45) is 0 Å². The van der Waals surface area contributed by atoms with E-state index in [1.165, 1.54) is 6.92 Å². The lowest BCUT2D eigenvalue weighted by Gasteiger charge is -2.33. The standard InChI is InChI=1S/C23H23N3O2/c1-16(27)25-20-10-5-13-26(15-20)23(28)19-8-2-7-18(14-19)21-11-3-6-17-9-4-12-24-22(17)21/h2-4,6-9,11-12,14,20H,5,10,13,15H2,1H3,(H,25,27)/t20-/m0/s1. The van der Waals surface area contributed by atoms with Crippen LogP contribution in [-0.2, 0) is 4.79 Å². The van der Waals surface area contributed by atoms with E-state index in [1.54, 1.807) is 6.20 Å². The van der Waals surface area contributed by atoms with Crippen molar-refractivity contribution >= 4 is 22.7 Å². The molecule has 0 unspecified atom stereocenters. The van der Waals surface area contributed by atoms with E-state index in [0.717, 1.165) is 41.4 Å². The van der Waals surface area contributed by atoms with Gasteiger partial charge in [0.25, 0.3) is 5.91 Å². The van der Waals surface area contributed by atoms with E-state index < -0.39 is 0 Å². The molecule has 2 heterocycles. The number of piperidine rings is 1. The number of nitrogens with one attached hydrogen (secondary N) is 1. The fraction of sp³-hybridized carbons (Fsp3) is 0.261. The molecule has 0 bridgehead atoms. The molecule has 1 aliphatic heterocycles. The first-order valence-electron chi connectivity index (χ1n) is 9.62. The average Bonchev–Trinajstić information content (AvgIpc) is 2.72. The average molecular weight is 373 g/mol. The second kappa shape index (κ2) is 7.80. The minimum absolute atomic E-state index is 0.00472. The molecule has 1 saturated heterocycles. The second-order valence-electron chi connectivity index (χ2n) is 7.25. The highest BCUT2D eigenvalue weighted by Crippen LogP contribution is 2.28. The molecule has 0 spiro atoms. The van der Waals surface area contributed by atoms with E-state index >= 15 is 0 Å². The van der Waals surface area contributed by atoms with Gasteiger partial charge >= 0.3 is 0 Å². The van der Waals surface area contributed by atoms with Crippen molar-refractivity contribution in [1.82, 2.24) is 15.2 Å². The van der Waals surface area contributed by atoms with E-state index in [9.17, 15) is 9.59 Å². The third kappa shape index (κ3) is 3.74. The van der Waals surface area contributed by atoms with Crippen LogP contribution < -0.4 is 5.32 Å². The van der Waals surface area contributed by atoms with Gasteiger partial charge in [0.2, 0.25) is 5.91 Å². The monoisotopic (exact) mass is 373 g/mol. The number of likely N-dealkylation sites (tertiary alicyclic amines) is 1. The summed E-state index contributed by atoms with van der Waals surface area (Å²) in [6.45, 7) is 2.79. The Labute approximate surface area is 164 Å². The topological polar surface area (TPSA) is 62.3 Å². The molecule has 4 rings (SSSR count). The smallest absolute Gasteiger partial charge is 0.253 e. The number of benzene rings is 2. The Bertz CT molecular complexity index is 1030. The van der Waals surface area contributed by atoms with Crippen molar-refractivity contribution in [1.29, 1.82) is 0 Å². The molecule has 1 fully saturated rings. The predicted molar refractivity (Wildman–Crippen MR) is 110 cm³/mol. The van der Waals surface area contributed by atoms with E-state index in [1.807, 2.05) is 59.5 Å². The second-order valence-corrected chi connectivity index (χ2v) is 7.25. The van der Waals surface area contributed by atoms with E-state index in [-0.39, 0.29) is 17.9 Å². The molecule has 1 aliphatic rings. The molecule has 142 valence electrons. The van der Waals surface area contributed by atoms with Crippen molar-refractivity contribution < 1.29 is 9.59 Å². The highest BCUT2D eigenvalue weighted by Gasteiger charge is 2.25. The van der Waals surface area contributed by atoms with Crippen molar-refractivity contribution in [2.45, 2.75) is 25.8 Å². The Balaban J connectivity index is 1.61. The van der Waals surface area contributed by atoms with Gasteiger partial charge in [-0.05, 0) is 36.6 Å². The molecule has 5 heteroatoms. The highest BCUT2D eigenvalue weighted by atomic mass is 16.2. The van der Waals surface area contributed by atoms with Crippen LogP contribution in [0.15, 0.2) is 60.8 Å². The zero-order valence-electron chi connectivity index (χ0n) is 15.9. The van der Waals surface area contributed by atoms with Gasteiger partial charge in [-0.3, -0.25) is 14.6 Å². The molecular formula is C23H23N3O2. The Morgan fingerprint density at radius 3 is 2.79 bits per heavy atom. The minimum Gasteiger partial charge on any atom is -0.352 e. The Kier molecular flexibility index (Phi) is 5.06. The van der Waals surface area contributed by atoms with Crippen LogP contribution in [0, 0.1) is 0 Å². The molecule has 2 amide bonds. The van der Waals surface area contributed by atoms with Gasteiger partial charge in [0, 0.05) is 48.8 Å². The number of aromatic nitrogens is 1. The van der Waals surface area contributed by atoms with E-state index in [2.05, 4.69) is 10.3 Å². The number of carbonyl (C=O) groups is 2. The van der Waals surface area contributed by atoms with Gasteiger partial charge in [-0.1, -0.05) is 36.4 Å². The summed E-state index contributed by atoms with van der Waals surface area (Å²) in [5.41, 5.74) is 3.58. The number of hydrogen-bond acceptors (Lipinski definition) is 3. The molecule has 1 N–H and O–H groups in total.